The van der Waals surface area contributed by atoms with Gasteiger partial charge in [0.15, 0.2) is 0 Å². The smallest absolute Gasteiger partial charge is 0.314 e. The van der Waals surface area contributed by atoms with E-state index in [1.54, 1.807) is 0 Å². The lowest BCUT2D eigenvalue weighted by Crippen LogP contribution is -2.37. The van der Waals surface area contributed by atoms with Gasteiger partial charge in [0.05, 0.1) is 0 Å². The molecule has 0 radical (unpaired) electrons. The minimum absolute atomic E-state index is 0.0678. The highest BCUT2D eigenvalue weighted by atomic mass is 16.2. The summed E-state index contributed by atoms with van der Waals surface area (Å²) in [4.78, 5) is 14.9. The molecule has 0 spiro atoms. The number of rotatable bonds is 7. The van der Waals surface area contributed by atoms with Crippen LogP contribution in [0.25, 0.3) is 10.9 Å². The van der Waals surface area contributed by atoms with E-state index in [9.17, 15) is 4.79 Å². The largest absolute Gasteiger partial charge is 0.361 e. The van der Waals surface area contributed by atoms with Crippen LogP contribution < -0.4 is 10.6 Å². The molecule has 2 rings (SSSR count). The SMILES string of the molecule is CCCCCNC(=O)NCCc1c[nH]c2cc(C)ccc12. The Balaban J connectivity index is 1.76. The molecule has 4 nitrogen and oxygen atoms in total. The number of nitrogens with one attached hydrogen (secondary N) is 3. The number of fused-ring (bicyclic) bond motifs is 1. The molecule has 21 heavy (non-hydrogen) atoms. The quantitative estimate of drug-likeness (QED) is 0.671. The molecular weight excluding hydrogens is 262 g/mol. The summed E-state index contributed by atoms with van der Waals surface area (Å²) in [5, 5.41) is 7.04. The highest BCUT2D eigenvalue weighted by molar-refractivity contribution is 5.83. The number of hydrogen-bond donors (Lipinski definition) is 3. The monoisotopic (exact) mass is 287 g/mol. The number of carbonyl (C=O) groups is 1. The number of aromatic amines is 1. The Bertz CT molecular complexity index is 589. The van der Waals surface area contributed by atoms with Crippen molar-refractivity contribution in [3.05, 3.63) is 35.5 Å². The summed E-state index contributed by atoms with van der Waals surface area (Å²) in [7, 11) is 0. The molecule has 1 heterocycles. The summed E-state index contributed by atoms with van der Waals surface area (Å²) in [5.41, 5.74) is 3.66. The average Bonchev–Trinajstić information content (AvgIpc) is 2.86. The van der Waals surface area contributed by atoms with E-state index in [1.165, 1.54) is 22.9 Å². The maximum Gasteiger partial charge on any atom is 0.314 e. The van der Waals surface area contributed by atoms with Crippen LogP contribution >= 0.6 is 0 Å². The van der Waals surface area contributed by atoms with E-state index < -0.39 is 0 Å². The molecule has 0 atom stereocenters. The number of benzene rings is 1. The van der Waals surface area contributed by atoms with Gasteiger partial charge in [-0.05, 0) is 37.0 Å². The molecule has 1 aromatic carbocycles. The summed E-state index contributed by atoms with van der Waals surface area (Å²) in [6.07, 6.45) is 6.25. The first-order valence-corrected chi connectivity index (χ1v) is 7.79. The number of H-pyrrole nitrogens is 1. The van der Waals surface area contributed by atoms with E-state index in [0.29, 0.717) is 6.54 Å². The fourth-order valence-corrected chi connectivity index (χ4v) is 2.46. The van der Waals surface area contributed by atoms with Crippen molar-refractivity contribution in [1.82, 2.24) is 15.6 Å². The Morgan fingerprint density at radius 3 is 2.81 bits per heavy atom. The van der Waals surface area contributed by atoms with E-state index in [0.717, 1.165) is 31.3 Å². The molecule has 0 aliphatic heterocycles. The first kappa shape index (κ1) is 15.4. The highest BCUT2D eigenvalue weighted by Gasteiger charge is 2.04. The molecule has 0 bridgehead atoms. The van der Waals surface area contributed by atoms with Crippen molar-refractivity contribution >= 4 is 16.9 Å². The van der Waals surface area contributed by atoms with E-state index in [1.807, 2.05) is 6.20 Å². The lowest BCUT2D eigenvalue weighted by Gasteiger charge is -2.07. The van der Waals surface area contributed by atoms with Gasteiger partial charge in [-0.25, -0.2) is 4.79 Å². The van der Waals surface area contributed by atoms with Gasteiger partial charge in [-0.2, -0.15) is 0 Å². The number of aromatic nitrogens is 1. The van der Waals surface area contributed by atoms with Crippen molar-refractivity contribution in [3.63, 3.8) is 0 Å². The molecule has 4 heteroatoms. The maximum absolute atomic E-state index is 11.6. The summed E-state index contributed by atoms with van der Waals surface area (Å²) in [5.74, 6) is 0. The number of hydrogen-bond acceptors (Lipinski definition) is 1. The van der Waals surface area contributed by atoms with E-state index in [2.05, 4.69) is 47.7 Å². The Hall–Kier alpha value is -1.97. The maximum atomic E-state index is 11.6. The van der Waals surface area contributed by atoms with E-state index in [4.69, 9.17) is 0 Å². The molecule has 0 unspecified atom stereocenters. The summed E-state index contributed by atoms with van der Waals surface area (Å²) >= 11 is 0. The van der Waals surface area contributed by atoms with Crippen molar-refractivity contribution in [1.29, 1.82) is 0 Å². The molecular formula is C17H25N3O. The number of aryl methyl sites for hydroxylation is 1. The van der Waals surface area contributed by atoms with Gasteiger partial charge < -0.3 is 15.6 Å². The molecule has 114 valence electrons. The molecule has 2 amide bonds. The molecule has 0 aliphatic carbocycles. The summed E-state index contributed by atoms with van der Waals surface area (Å²) < 4.78 is 0. The second kappa shape index (κ2) is 7.72. The molecule has 0 saturated carbocycles. The van der Waals surface area contributed by atoms with Crippen LogP contribution in [-0.4, -0.2) is 24.1 Å². The topological polar surface area (TPSA) is 56.9 Å². The molecule has 0 aliphatic rings. The first-order valence-electron chi connectivity index (χ1n) is 7.79. The van der Waals surface area contributed by atoms with Crippen LogP contribution in [0.2, 0.25) is 0 Å². The van der Waals surface area contributed by atoms with E-state index in [-0.39, 0.29) is 6.03 Å². The zero-order valence-corrected chi connectivity index (χ0v) is 13.0. The Kier molecular flexibility index (Phi) is 5.67. The number of carbonyl (C=O) groups excluding carboxylic acids is 1. The predicted molar refractivity (Wildman–Crippen MR) is 87.7 cm³/mol. The Morgan fingerprint density at radius 1 is 1.19 bits per heavy atom. The lowest BCUT2D eigenvalue weighted by atomic mass is 10.1. The van der Waals surface area contributed by atoms with Gasteiger partial charge in [-0.3, -0.25) is 0 Å². The van der Waals surface area contributed by atoms with Gasteiger partial charge in [0.1, 0.15) is 0 Å². The first-order chi connectivity index (χ1) is 10.2. The minimum atomic E-state index is -0.0678. The Labute approximate surface area is 126 Å². The third kappa shape index (κ3) is 4.52. The normalized spacial score (nSPS) is 10.8. The van der Waals surface area contributed by atoms with Crippen LogP contribution in [0.5, 0.6) is 0 Å². The zero-order valence-electron chi connectivity index (χ0n) is 13.0. The van der Waals surface area contributed by atoms with Gasteiger partial charge in [0.2, 0.25) is 0 Å². The predicted octanol–water partition coefficient (Wildman–Crippen LogP) is 3.51. The Morgan fingerprint density at radius 2 is 2.00 bits per heavy atom. The molecule has 3 N–H and O–H groups in total. The van der Waals surface area contributed by atoms with Gasteiger partial charge >= 0.3 is 6.03 Å². The van der Waals surface area contributed by atoms with Crippen LogP contribution in [0.4, 0.5) is 4.79 Å². The van der Waals surface area contributed by atoms with Crippen LogP contribution in [0.3, 0.4) is 0 Å². The fourth-order valence-electron chi connectivity index (χ4n) is 2.46. The summed E-state index contributed by atoms with van der Waals surface area (Å²) in [6, 6.07) is 6.34. The molecule has 1 aromatic heterocycles. The molecule has 2 aromatic rings. The minimum Gasteiger partial charge on any atom is -0.361 e. The van der Waals surface area contributed by atoms with Crippen molar-refractivity contribution in [2.24, 2.45) is 0 Å². The van der Waals surface area contributed by atoms with Gasteiger partial charge in [-0.15, -0.1) is 0 Å². The van der Waals surface area contributed by atoms with E-state index >= 15 is 0 Å². The third-order valence-electron chi connectivity index (χ3n) is 3.67. The van der Waals surface area contributed by atoms with Gasteiger partial charge in [-0.1, -0.05) is 31.9 Å². The van der Waals surface area contributed by atoms with Crippen LogP contribution in [-0.2, 0) is 6.42 Å². The molecule has 0 saturated heterocycles. The zero-order chi connectivity index (χ0) is 15.1. The molecule has 0 fully saturated rings. The van der Waals surface area contributed by atoms with Gasteiger partial charge in [0, 0.05) is 30.2 Å². The van der Waals surface area contributed by atoms with Crippen molar-refractivity contribution in [2.45, 2.75) is 39.5 Å². The van der Waals surface area contributed by atoms with Gasteiger partial charge in [0.25, 0.3) is 0 Å². The summed E-state index contributed by atoms with van der Waals surface area (Å²) in [6.45, 7) is 5.65. The van der Waals surface area contributed by atoms with Crippen LogP contribution in [0, 0.1) is 6.92 Å². The van der Waals surface area contributed by atoms with Crippen molar-refractivity contribution in [2.75, 3.05) is 13.1 Å². The second-order valence-corrected chi connectivity index (χ2v) is 5.50. The second-order valence-electron chi connectivity index (χ2n) is 5.50. The fraction of sp³-hybridized carbons (Fsp3) is 0.471. The van der Waals surface area contributed by atoms with Crippen LogP contribution in [0.1, 0.15) is 37.3 Å². The third-order valence-corrected chi connectivity index (χ3v) is 3.67. The van der Waals surface area contributed by atoms with Crippen molar-refractivity contribution in [3.8, 4) is 0 Å². The van der Waals surface area contributed by atoms with Crippen molar-refractivity contribution < 1.29 is 4.79 Å². The number of urea groups is 1. The van der Waals surface area contributed by atoms with Crippen LogP contribution in [0.15, 0.2) is 24.4 Å². The number of amides is 2. The lowest BCUT2D eigenvalue weighted by molar-refractivity contribution is 0.241. The average molecular weight is 287 g/mol. The number of unbranched alkanes of at least 4 members (excludes halogenated alkanes) is 2. The standard InChI is InChI=1S/C17H25N3O/c1-3-4-5-9-18-17(21)19-10-8-14-12-20-16-11-13(2)6-7-15(14)16/h6-7,11-12,20H,3-5,8-10H2,1-2H3,(H2,18,19,21). The highest BCUT2D eigenvalue weighted by Crippen LogP contribution is 2.19.